The summed E-state index contributed by atoms with van der Waals surface area (Å²) in [5.74, 6) is 1.43. The number of hydrogen-bond donors (Lipinski definition) is 1. The zero-order valence-corrected chi connectivity index (χ0v) is 12.7. The Hall–Kier alpha value is -1.14. The third-order valence-electron chi connectivity index (χ3n) is 2.78. The lowest BCUT2D eigenvalue weighted by atomic mass is 10.2. The van der Waals surface area contributed by atoms with Crippen molar-refractivity contribution in [3.05, 3.63) is 11.7 Å². The lowest BCUT2D eigenvalue weighted by Gasteiger charge is -2.19. The van der Waals surface area contributed by atoms with E-state index in [1.807, 2.05) is 20.8 Å². The number of nitrogens with two attached hydrogens (primary N) is 1. The van der Waals surface area contributed by atoms with E-state index in [1.54, 1.807) is 11.9 Å². The van der Waals surface area contributed by atoms with Crippen LogP contribution in [0.5, 0.6) is 0 Å². The van der Waals surface area contributed by atoms with Crippen molar-refractivity contribution in [3.8, 4) is 0 Å². The Labute approximate surface area is 120 Å². The summed E-state index contributed by atoms with van der Waals surface area (Å²) in [4.78, 5) is 17.6. The summed E-state index contributed by atoms with van der Waals surface area (Å²) in [7, 11) is 1.74. The Morgan fingerprint density at radius 2 is 2.11 bits per heavy atom. The van der Waals surface area contributed by atoms with Crippen molar-refractivity contribution in [1.29, 1.82) is 0 Å². The highest BCUT2D eigenvalue weighted by atomic mass is 35.5. The van der Waals surface area contributed by atoms with E-state index in [1.165, 1.54) is 0 Å². The van der Waals surface area contributed by atoms with Gasteiger partial charge in [0, 0.05) is 25.9 Å². The van der Waals surface area contributed by atoms with E-state index in [0.29, 0.717) is 31.1 Å². The standard InChI is InChI=1S/C12H22N4O2.ClH/c1-5-9(13)12(17)16(4)7-6-10-14-11(8(2)3)18-15-10;/h8-9H,5-7,13H2,1-4H3;1H/t9-;/m0./s1. The van der Waals surface area contributed by atoms with Gasteiger partial charge in [0.05, 0.1) is 6.04 Å². The average Bonchev–Trinajstić information content (AvgIpc) is 2.82. The van der Waals surface area contributed by atoms with Gasteiger partial charge in [-0.05, 0) is 6.42 Å². The molecule has 1 amide bonds. The summed E-state index contributed by atoms with van der Waals surface area (Å²) >= 11 is 0. The molecule has 0 aliphatic heterocycles. The lowest BCUT2D eigenvalue weighted by Crippen LogP contribution is -2.42. The maximum Gasteiger partial charge on any atom is 0.239 e. The number of rotatable bonds is 6. The molecule has 0 saturated heterocycles. The zero-order valence-electron chi connectivity index (χ0n) is 11.9. The van der Waals surface area contributed by atoms with Crippen LogP contribution < -0.4 is 5.73 Å². The SMILES string of the molecule is CC[C@H](N)C(=O)N(C)CCc1noc(C(C)C)n1.Cl. The topological polar surface area (TPSA) is 85.3 Å². The molecule has 1 atom stereocenters. The van der Waals surface area contributed by atoms with Gasteiger partial charge in [-0.3, -0.25) is 4.79 Å². The van der Waals surface area contributed by atoms with Gasteiger partial charge in [0.15, 0.2) is 5.82 Å². The maximum atomic E-state index is 11.7. The number of carbonyl (C=O) groups is 1. The molecule has 0 aliphatic rings. The summed E-state index contributed by atoms with van der Waals surface area (Å²) in [6, 6.07) is -0.425. The first-order valence-corrected chi connectivity index (χ1v) is 6.28. The number of carbonyl (C=O) groups excluding carboxylic acids is 1. The molecular weight excluding hydrogens is 268 g/mol. The highest BCUT2D eigenvalue weighted by Crippen LogP contribution is 2.11. The van der Waals surface area contributed by atoms with Gasteiger partial charge in [-0.1, -0.05) is 25.9 Å². The molecule has 19 heavy (non-hydrogen) atoms. The molecule has 0 aliphatic carbocycles. The number of nitrogens with zero attached hydrogens (tertiary/aromatic N) is 3. The molecule has 1 rings (SSSR count). The average molecular weight is 291 g/mol. The quantitative estimate of drug-likeness (QED) is 0.855. The van der Waals surface area contributed by atoms with Crippen LogP contribution in [0, 0.1) is 0 Å². The monoisotopic (exact) mass is 290 g/mol. The Morgan fingerprint density at radius 3 is 2.58 bits per heavy atom. The summed E-state index contributed by atoms with van der Waals surface area (Å²) in [5.41, 5.74) is 5.69. The van der Waals surface area contributed by atoms with Crippen LogP contribution in [0.4, 0.5) is 0 Å². The molecule has 1 heterocycles. The number of hydrogen-bond acceptors (Lipinski definition) is 5. The van der Waals surface area contributed by atoms with Crippen LogP contribution in [-0.4, -0.2) is 40.6 Å². The summed E-state index contributed by atoms with van der Waals surface area (Å²) in [6.07, 6.45) is 1.22. The summed E-state index contributed by atoms with van der Waals surface area (Å²) in [6.45, 7) is 6.43. The molecule has 1 aromatic heterocycles. The van der Waals surface area contributed by atoms with Gasteiger partial charge in [-0.15, -0.1) is 12.4 Å². The number of amides is 1. The van der Waals surface area contributed by atoms with Gasteiger partial charge < -0.3 is 15.2 Å². The minimum atomic E-state index is -0.425. The van der Waals surface area contributed by atoms with Crippen molar-refractivity contribution in [3.63, 3.8) is 0 Å². The lowest BCUT2D eigenvalue weighted by molar-refractivity contribution is -0.131. The molecule has 0 spiro atoms. The van der Waals surface area contributed by atoms with Gasteiger partial charge >= 0.3 is 0 Å². The second-order valence-corrected chi connectivity index (χ2v) is 4.73. The van der Waals surface area contributed by atoms with Crippen molar-refractivity contribution in [2.24, 2.45) is 5.73 Å². The number of likely N-dealkylation sites (N-methyl/N-ethyl adjacent to an activating group) is 1. The van der Waals surface area contributed by atoms with Crippen LogP contribution in [-0.2, 0) is 11.2 Å². The molecule has 2 N–H and O–H groups in total. The predicted octanol–water partition coefficient (Wildman–Crippen LogP) is 1.35. The first-order valence-electron chi connectivity index (χ1n) is 6.28. The molecule has 0 unspecified atom stereocenters. The third-order valence-corrected chi connectivity index (χ3v) is 2.78. The highest BCUT2D eigenvalue weighted by molar-refractivity contribution is 5.85. The van der Waals surface area contributed by atoms with Crippen LogP contribution in [0.3, 0.4) is 0 Å². The van der Waals surface area contributed by atoms with E-state index in [4.69, 9.17) is 10.3 Å². The van der Waals surface area contributed by atoms with Crippen LogP contribution in [0.15, 0.2) is 4.52 Å². The van der Waals surface area contributed by atoms with Crippen LogP contribution in [0.2, 0.25) is 0 Å². The van der Waals surface area contributed by atoms with Crippen LogP contribution in [0.25, 0.3) is 0 Å². The van der Waals surface area contributed by atoms with Crippen LogP contribution in [0.1, 0.15) is 44.8 Å². The second-order valence-electron chi connectivity index (χ2n) is 4.73. The van der Waals surface area contributed by atoms with Gasteiger partial charge in [-0.25, -0.2) is 0 Å². The van der Waals surface area contributed by atoms with Gasteiger partial charge in [0.1, 0.15) is 0 Å². The van der Waals surface area contributed by atoms with Crippen molar-refractivity contribution in [2.75, 3.05) is 13.6 Å². The van der Waals surface area contributed by atoms with E-state index in [-0.39, 0.29) is 24.2 Å². The molecule has 110 valence electrons. The zero-order chi connectivity index (χ0) is 13.7. The number of halogens is 1. The molecule has 0 bridgehead atoms. The van der Waals surface area contributed by atoms with E-state index >= 15 is 0 Å². The minimum absolute atomic E-state index is 0. The Bertz CT molecular complexity index is 395. The maximum absolute atomic E-state index is 11.7. The fourth-order valence-electron chi connectivity index (χ4n) is 1.44. The fraction of sp³-hybridized carbons (Fsp3) is 0.750. The van der Waals surface area contributed by atoms with E-state index in [9.17, 15) is 4.79 Å². The van der Waals surface area contributed by atoms with Gasteiger partial charge in [0.2, 0.25) is 11.8 Å². The number of aromatic nitrogens is 2. The minimum Gasteiger partial charge on any atom is -0.344 e. The van der Waals surface area contributed by atoms with E-state index < -0.39 is 6.04 Å². The van der Waals surface area contributed by atoms with E-state index in [0.717, 1.165) is 0 Å². The van der Waals surface area contributed by atoms with Gasteiger partial charge in [0.25, 0.3) is 0 Å². The molecule has 1 aromatic rings. The molecule has 6 nitrogen and oxygen atoms in total. The Morgan fingerprint density at radius 1 is 1.47 bits per heavy atom. The molecular formula is C12H23ClN4O2. The smallest absolute Gasteiger partial charge is 0.239 e. The van der Waals surface area contributed by atoms with Crippen molar-refractivity contribution in [2.45, 2.75) is 45.6 Å². The molecule has 0 radical (unpaired) electrons. The Balaban J connectivity index is 0.00000324. The van der Waals surface area contributed by atoms with E-state index in [2.05, 4.69) is 10.1 Å². The predicted molar refractivity (Wildman–Crippen MR) is 75.2 cm³/mol. The highest BCUT2D eigenvalue weighted by Gasteiger charge is 2.17. The second kappa shape index (κ2) is 8.12. The first-order chi connectivity index (χ1) is 8.45. The van der Waals surface area contributed by atoms with Gasteiger partial charge in [-0.2, -0.15) is 4.98 Å². The largest absolute Gasteiger partial charge is 0.344 e. The third kappa shape index (κ3) is 5.16. The first kappa shape index (κ1) is 17.9. The molecule has 0 saturated carbocycles. The van der Waals surface area contributed by atoms with Crippen LogP contribution >= 0.6 is 12.4 Å². The Kier molecular flexibility index (Phi) is 7.63. The van der Waals surface area contributed by atoms with Crippen molar-refractivity contribution < 1.29 is 9.32 Å². The normalized spacial score (nSPS) is 12.1. The summed E-state index contributed by atoms with van der Waals surface area (Å²) < 4.78 is 5.10. The summed E-state index contributed by atoms with van der Waals surface area (Å²) in [5, 5.41) is 3.88. The molecule has 7 heteroatoms. The van der Waals surface area contributed by atoms with Crippen molar-refractivity contribution in [1.82, 2.24) is 15.0 Å². The molecule has 0 fully saturated rings. The van der Waals surface area contributed by atoms with Crippen molar-refractivity contribution >= 4 is 18.3 Å². The fourth-order valence-corrected chi connectivity index (χ4v) is 1.44. The molecule has 0 aromatic carbocycles.